The minimum absolute atomic E-state index is 0.265. The Bertz CT molecular complexity index is 290. The van der Waals surface area contributed by atoms with E-state index in [0.717, 1.165) is 18.4 Å². The molecule has 0 aromatic carbocycles. The standard InChI is InChI=1S/C9H13N3O/c1-12(9(13)8-2-3-8)6-7-4-10-11-5-7/h4-5,8H,2-3,6H2,1H3,(H,10,11). The lowest BCUT2D eigenvalue weighted by Gasteiger charge is -2.15. The minimum Gasteiger partial charge on any atom is -0.341 e. The topological polar surface area (TPSA) is 49.0 Å². The summed E-state index contributed by atoms with van der Waals surface area (Å²) in [6, 6.07) is 0. The van der Waals surface area contributed by atoms with Crippen LogP contribution in [0, 0.1) is 5.92 Å². The van der Waals surface area contributed by atoms with E-state index in [2.05, 4.69) is 10.2 Å². The maximum absolute atomic E-state index is 11.5. The molecule has 1 aliphatic rings. The van der Waals surface area contributed by atoms with Gasteiger partial charge in [0.2, 0.25) is 5.91 Å². The molecule has 0 atom stereocenters. The number of amides is 1. The van der Waals surface area contributed by atoms with Crippen molar-refractivity contribution in [2.75, 3.05) is 7.05 Å². The Hall–Kier alpha value is -1.32. The van der Waals surface area contributed by atoms with Gasteiger partial charge in [0.05, 0.1) is 6.20 Å². The molecule has 1 aliphatic carbocycles. The second kappa shape index (κ2) is 3.20. The molecule has 0 aliphatic heterocycles. The maximum Gasteiger partial charge on any atom is 0.225 e. The van der Waals surface area contributed by atoms with E-state index in [9.17, 15) is 4.79 Å². The van der Waals surface area contributed by atoms with Crippen LogP contribution in [0.4, 0.5) is 0 Å². The van der Waals surface area contributed by atoms with Crippen molar-refractivity contribution in [3.8, 4) is 0 Å². The van der Waals surface area contributed by atoms with Crippen molar-refractivity contribution in [1.29, 1.82) is 0 Å². The van der Waals surface area contributed by atoms with Crippen LogP contribution in [0.5, 0.6) is 0 Å². The van der Waals surface area contributed by atoms with E-state index in [-0.39, 0.29) is 5.91 Å². The van der Waals surface area contributed by atoms with E-state index in [1.165, 1.54) is 0 Å². The fourth-order valence-corrected chi connectivity index (χ4v) is 1.36. The quantitative estimate of drug-likeness (QED) is 0.745. The average molecular weight is 179 g/mol. The molecule has 1 aromatic heterocycles. The van der Waals surface area contributed by atoms with Gasteiger partial charge < -0.3 is 4.90 Å². The molecule has 1 aromatic rings. The van der Waals surface area contributed by atoms with Crippen molar-refractivity contribution in [2.45, 2.75) is 19.4 Å². The number of nitrogens with zero attached hydrogens (tertiary/aromatic N) is 2. The minimum atomic E-state index is 0.265. The zero-order valence-corrected chi connectivity index (χ0v) is 7.66. The molecule has 0 spiro atoms. The lowest BCUT2D eigenvalue weighted by atomic mass is 10.3. The molecule has 1 saturated carbocycles. The maximum atomic E-state index is 11.5. The number of aromatic nitrogens is 2. The molecule has 0 radical (unpaired) electrons. The molecule has 4 nitrogen and oxygen atoms in total. The predicted octanol–water partition coefficient (Wildman–Crippen LogP) is 0.778. The van der Waals surface area contributed by atoms with Crippen LogP contribution in [-0.2, 0) is 11.3 Å². The summed E-state index contributed by atoms with van der Waals surface area (Å²) in [4.78, 5) is 13.3. The Balaban J connectivity index is 1.90. The Morgan fingerprint density at radius 3 is 3.08 bits per heavy atom. The number of rotatable bonds is 3. The van der Waals surface area contributed by atoms with Gasteiger partial charge in [-0.25, -0.2) is 0 Å². The first-order chi connectivity index (χ1) is 6.27. The summed E-state index contributed by atoms with van der Waals surface area (Å²) in [6.45, 7) is 0.659. The van der Waals surface area contributed by atoms with Gasteiger partial charge in [-0.15, -0.1) is 0 Å². The van der Waals surface area contributed by atoms with Gasteiger partial charge in [0.1, 0.15) is 0 Å². The fourth-order valence-electron chi connectivity index (χ4n) is 1.36. The van der Waals surface area contributed by atoms with E-state index < -0.39 is 0 Å². The monoisotopic (exact) mass is 179 g/mol. The Kier molecular flexibility index (Phi) is 2.04. The van der Waals surface area contributed by atoms with Crippen LogP contribution in [0.15, 0.2) is 12.4 Å². The summed E-state index contributed by atoms with van der Waals surface area (Å²) in [7, 11) is 1.84. The van der Waals surface area contributed by atoms with Crippen molar-refractivity contribution in [1.82, 2.24) is 15.1 Å². The van der Waals surface area contributed by atoms with Gasteiger partial charge in [-0.2, -0.15) is 5.10 Å². The van der Waals surface area contributed by atoms with Gasteiger partial charge in [-0.1, -0.05) is 0 Å². The third-order valence-electron chi connectivity index (χ3n) is 2.28. The molecule has 1 amide bonds. The second-order valence-electron chi connectivity index (χ2n) is 3.58. The van der Waals surface area contributed by atoms with E-state index >= 15 is 0 Å². The van der Waals surface area contributed by atoms with Crippen molar-refractivity contribution in [3.05, 3.63) is 18.0 Å². The van der Waals surface area contributed by atoms with Gasteiger partial charge in [-0.3, -0.25) is 9.89 Å². The van der Waals surface area contributed by atoms with Crippen LogP contribution in [0.25, 0.3) is 0 Å². The smallest absolute Gasteiger partial charge is 0.225 e. The molecule has 0 saturated heterocycles. The molecule has 0 bridgehead atoms. The van der Waals surface area contributed by atoms with Crippen LogP contribution in [0.2, 0.25) is 0 Å². The predicted molar refractivity (Wildman–Crippen MR) is 47.8 cm³/mol. The summed E-state index contributed by atoms with van der Waals surface area (Å²) >= 11 is 0. The van der Waals surface area contributed by atoms with Crippen molar-refractivity contribution >= 4 is 5.91 Å². The van der Waals surface area contributed by atoms with E-state index in [0.29, 0.717) is 12.5 Å². The van der Waals surface area contributed by atoms with Gasteiger partial charge in [-0.05, 0) is 12.8 Å². The Labute approximate surface area is 76.9 Å². The summed E-state index contributed by atoms with van der Waals surface area (Å²) in [5, 5.41) is 6.56. The molecule has 4 heteroatoms. The molecular formula is C9H13N3O. The third kappa shape index (κ3) is 1.88. The number of aromatic amines is 1. The Morgan fingerprint density at radius 1 is 1.77 bits per heavy atom. The normalized spacial score (nSPS) is 15.8. The summed E-state index contributed by atoms with van der Waals surface area (Å²) in [5.74, 6) is 0.568. The van der Waals surface area contributed by atoms with Gasteiger partial charge in [0.25, 0.3) is 0 Å². The van der Waals surface area contributed by atoms with Gasteiger partial charge in [0, 0.05) is 31.3 Å². The lowest BCUT2D eigenvalue weighted by molar-refractivity contribution is -0.131. The highest BCUT2D eigenvalue weighted by atomic mass is 16.2. The van der Waals surface area contributed by atoms with E-state index in [1.54, 1.807) is 11.1 Å². The molecule has 0 unspecified atom stereocenters. The van der Waals surface area contributed by atoms with Crippen LogP contribution in [0.1, 0.15) is 18.4 Å². The SMILES string of the molecule is CN(Cc1cn[nH]c1)C(=O)C1CC1. The molecule has 1 N–H and O–H groups in total. The largest absolute Gasteiger partial charge is 0.341 e. The third-order valence-corrected chi connectivity index (χ3v) is 2.28. The number of carbonyl (C=O) groups is 1. The van der Waals surface area contributed by atoms with E-state index in [1.807, 2.05) is 13.2 Å². The van der Waals surface area contributed by atoms with Crippen LogP contribution < -0.4 is 0 Å². The van der Waals surface area contributed by atoms with E-state index in [4.69, 9.17) is 0 Å². The number of hydrogen-bond acceptors (Lipinski definition) is 2. The molecule has 1 fully saturated rings. The first kappa shape index (κ1) is 8.29. The first-order valence-corrected chi connectivity index (χ1v) is 4.50. The zero-order valence-electron chi connectivity index (χ0n) is 7.66. The van der Waals surface area contributed by atoms with Crippen molar-refractivity contribution < 1.29 is 4.79 Å². The first-order valence-electron chi connectivity index (χ1n) is 4.50. The highest BCUT2D eigenvalue weighted by Gasteiger charge is 2.31. The van der Waals surface area contributed by atoms with Crippen molar-refractivity contribution in [3.63, 3.8) is 0 Å². The van der Waals surface area contributed by atoms with Gasteiger partial charge in [0.15, 0.2) is 0 Å². The second-order valence-corrected chi connectivity index (χ2v) is 3.58. The van der Waals surface area contributed by atoms with Crippen LogP contribution in [-0.4, -0.2) is 28.1 Å². The van der Waals surface area contributed by atoms with Crippen molar-refractivity contribution in [2.24, 2.45) is 5.92 Å². The molecule has 70 valence electrons. The van der Waals surface area contributed by atoms with Crippen LogP contribution >= 0.6 is 0 Å². The number of hydrogen-bond donors (Lipinski definition) is 1. The van der Waals surface area contributed by atoms with Gasteiger partial charge >= 0.3 is 0 Å². The number of H-pyrrole nitrogens is 1. The molecule has 2 rings (SSSR count). The molecule has 13 heavy (non-hydrogen) atoms. The average Bonchev–Trinajstić information content (AvgIpc) is 2.85. The number of carbonyl (C=O) groups excluding carboxylic acids is 1. The lowest BCUT2D eigenvalue weighted by Crippen LogP contribution is -2.27. The molecular weight excluding hydrogens is 166 g/mol. The summed E-state index contributed by atoms with van der Waals surface area (Å²) in [5.41, 5.74) is 1.05. The summed E-state index contributed by atoms with van der Waals surface area (Å²) < 4.78 is 0. The number of nitrogens with one attached hydrogen (secondary N) is 1. The highest BCUT2D eigenvalue weighted by Crippen LogP contribution is 2.30. The Morgan fingerprint density at radius 2 is 2.54 bits per heavy atom. The fraction of sp³-hybridized carbons (Fsp3) is 0.556. The zero-order chi connectivity index (χ0) is 9.26. The molecule has 1 heterocycles. The highest BCUT2D eigenvalue weighted by molar-refractivity contribution is 5.80. The summed E-state index contributed by atoms with van der Waals surface area (Å²) in [6.07, 6.45) is 5.69. The van der Waals surface area contributed by atoms with Crippen LogP contribution in [0.3, 0.4) is 0 Å².